The molecule has 2 rings (SSSR count). The fraction of sp³-hybridized carbons (Fsp3) is 0.571. The van der Waals surface area contributed by atoms with Crippen molar-refractivity contribution in [2.75, 3.05) is 26.8 Å². The smallest absolute Gasteiger partial charge is 0.407 e. The molecule has 0 aliphatic carbocycles. The van der Waals surface area contributed by atoms with Crippen molar-refractivity contribution in [1.29, 1.82) is 0 Å². The minimum Gasteiger partial charge on any atom is -0.467 e. The molecular weight excluding hydrogens is 338 g/mol. The van der Waals surface area contributed by atoms with Crippen LogP contribution in [-0.4, -0.2) is 70.9 Å². The van der Waals surface area contributed by atoms with E-state index < -0.39 is 30.6 Å². The summed E-state index contributed by atoms with van der Waals surface area (Å²) in [4.78, 5) is 40.0. The molecule has 2 amide bonds. The lowest BCUT2D eigenvalue weighted by atomic mass is 9.98. The number of amides is 2. The lowest BCUT2D eigenvalue weighted by Gasteiger charge is -2.28. The molecule has 1 aromatic heterocycles. The van der Waals surface area contributed by atoms with E-state index in [2.05, 4.69) is 15.0 Å². The van der Waals surface area contributed by atoms with Gasteiger partial charge in [0, 0.05) is 24.4 Å². The van der Waals surface area contributed by atoms with E-state index >= 15 is 0 Å². The zero-order valence-corrected chi connectivity index (χ0v) is 13.9. The molecular formula is C14H19N3O6S. The molecule has 0 aromatic carbocycles. The third-order valence-electron chi connectivity index (χ3n) is 3.84. The molecule has 9 nitrogen and oxygen atoms in total. The van der Waals surface area contributed by atoms with Crippen LogP contribution >= 0.6 is 11.3 Å². The highest BCUT2D eigenvalue weighted by Gasteiger charge is 2.27. The molecule has 1 aliphatic rings. The average Bonchev–Trinajstić information content (AvgIpc) is 3.09. The number of piperidine rings is 1. The van der Waals surface area contributed by atoms with Gasteiger partial charge in [-0.2, -0.15) is 0 Å². The number of carbonyl (C=O) groups is 3. The van der Waals surface area contributed by atoms with E-state index in [0.717, 1.165) is 5.01 Å². The maximum atomic E-state index is 12.1. The fourth-order valence-electron chi connectivity index (χ4n) is 2.45. The van der Waals surface area contributed by atoms with Crippen LogP contribution in [0, 0.1) is 0 Å². The van der Waals surface area contributed by atoms with E-state index in [1.807, 2.05) is 0 Å². The van der Waals surface area contributed by atoms with Crippen molar-refractivity contribution in [1.82, 2.24) is 15.2 Å². The van der Waals surface area contributed by atoms with Crippen molar-refractivity contribution in [2.45, 2.75) is 24.8 Å². The number of nitrogens with zero attached hydrogens (tertiary/aromatic N) is 2. The zero-order chi connectivity index (χ0) is 17.7. The van der Waals surface area contributed by atoms with Crippen molar-refractivity contribution < 1.29 is 29.3 Å². The standard InChI is InChI=1S/C14H19N3O6S/c1-23-13(20)9(6-18)15-11(19)10-7-24-12(16-10)8-2-4-17(5-3-8)14(21)22/h7-9,18H,2-6H2,1H3,(H,15,19)(H,21,22). The molecule has 1 saturated heterocycles. The molecule has 0 radical (unpaired) electrons. The number of likely N-dealkylation sites (tertiary alicyclic amines) is 1. The SMILES string of the molecule is COC(=O)C(CO)NC(=O)c1csc(C2CCN(C(=O)O)CC2)n1. The van der Waals surface area contributed by atoms with Gasteiger partial charge >= 0.3 is 12.1 Å². The quantitative estimate of drug-likeness (QED) is 0.645. The first-order valence-electron chi connectivity index (χ1n) is 7.39. The number of aliphatic hydroxyl groups is 1. The van der Waals surface area contributed by atoms with Crippen LogP contribution < -0.4 is 5.32 Å². The Hall–Kier alpha value is -2.20. The molecule has 0 saturated carbocycles. The fourth-order valence-corrected chi connectivity index (χ4v) is 3.42. The number of carbonyl (C=O) groups excluding carboxylic acids is 2. The van der Waals surface area contributed by atoms with Gasteiger partial charge in [0.25, 0.3) is 5.91 Å². The van der Waals surface area contributed by atoms with Gasteiger partial charge in [-0.25, -0.2) is 14.6 Å². The number of aliphatic hydroxyl groups excluding tert-OH is 1. The molecule has 1 aromatic rings. The first-order valence-corrected chi connectivity index (χ1v) is 8.27. The Morgan fingerprint density at radius 2 is 2.12 bits per heavy atom. The normalized spacial score (nSPS) is 16.5. The van der Waals surface area contributed by atoms with E-state index in [1.165, 1.54) is 23.3 Å². The number of aromatic nitrogens is 1. The van der Waals surface area contributed by atoms with Crippen molar-refractivity contribution in [3.05, 3.63) is 16.1 Å². The largest absolute Gasteiger partial charge is 0.467 e. The minimum absolute atomic E-state index is 0.112. The van der Waals surface area contributed by atoms with Crippen LogP contribution in [0.5, 0.6) is 0 Å². The lowest BCUT2D eigenvalue weighted by molar-refractivity contribution is -0.143. The summed E-state index contributed by atoms with van der Waals surface area (Å²) in [5.41, 5.74) is 0.165. The molecule has 1 fully saturated rings. The molecule has 2 heterocycles. The van der Waals surface area contributed by atoms with Gasteiger partial charge in [-0.15, -0.1) is 11.3 Å². The maximum Gasteiger partial charge on any atom is 0.407 e. The summed E-state index contributed by atoms with van der Waals surface area (Å²) in [6, 6.07) is -1.13. The van der Waals surface area contributed by atoms with Crippen molar-refractivity contribution in [3.63, 3.8) is 0 Å². The highest BCUT2D eigenvalue weighted by Crippen LogP contribution is 2.30. The van der Waals surface area contributed by atoms with Crippen LogP contribution in [0.3, 0.4) is 0 Å². The zero-order valence-electron chi connectivity index (χ0n) is 13.1. The summed E-state index contributed by atoms with van der Waals surface area (Å²) in [6.45, 7) is 0.315. The van der Waals surface area contributed by atoms with Crippen molar-refractivity contribution in [2.24, 2.45) is 0 Å². The number of methoxy groups -OCH3 is 1. The Balaban J connectivity index is 1.96. The maximum absolute atomic E-state index is 12.1. The topological polar surface area (TPSA) is 129 Å². The van der Waals surface area contributed by atoms with Crippen LogP contribution in [0.4, 0.5) is 4.79 Å². The molecule has 132 valence electrons. The van der Waals surface area contributed by atoms with Crippen LogP contribution in [0.15, 0.2) is 5.38 Å². The number of thiazole rings is 1. The van der Waals surface area contributed by atoms with Crippen LogP contribution in [0.25, 0.3) is 0 Å². The van der Waals surface area contributed by atoms with Gasteiger partial charge in [0.1, 0.15) is 5.69 Å². The Bertz CT molecular complexity index is 611. The number of rotatable bonds is 5. The summed E-state index contributed by atoms with van der Waals surface area (Å²) in [5.74, 6) is -1.19. The molecule has 1 aliphatic heterocycles. The molecule has 24 heavy (non-hydrogen) atoms. The summed E-state index contributed by atoms with van der Waals surface area (Å²) in [6.07, 6.45) is 0.385. The highest BCUT2D eigenvalue weighted by atomic mass is 32.1. The van der Waals surface area contributed by atoms with Gasteiger partial charge in [-0.05, 0) is 12.8 Å². The van der Waals surface area contributed by atoms with Gasteiger partial charge < -0.3 is 25.2 Å². The molecule has 10 heteroatoms. The summed E-state index contributed by atoms with van der Waals surface area (Å²) in [7, 11) is 1.17. The van der Waals surface area contributed by atoms with Crippen LogP contribution in [0.1, 0.15) is 34.3 Å². The second-order valence-corrected chi connectivity index (χ2v) is 6.24. The Morgan fingerprint density at radius 3 is 2.67 bits per heavy atom. The number of ether oxygens (including phenoxy) is 1. The van der Waals surface area contributed by atoms with Crippen LogP contribution in [-0.2, 0) is 9.53 Å². The first kappa shape index (κ1) is 18.1. The van der Waals surface area contributed by atoms with Gasteiger partial charge in [0.05, 0.1) is 18.7 Å². The minimum atomic E-state index is -1.13. The Labute approximate surface area is 142 Å². The third-order valence-corrected chi connectivity index (χ3v) is 4.85. The van der Waals surface area contributed by atoms with E-state index in [-0.39, 0.29) is 11.6 Å². The second kappa shape index (κ2) is 8.06. The molecule has 0 bridgehead atoms. The summed E-state index contributed by atoms with van der Waals surface area (Å²) < 4.78 is 4.49. The lowest BCUT2D eigenvalue weighted by Crippen LogP contribution is -2.44. The van der Waals surface area contributed by atoms with E-state index in [0.29, 0.717) is 25.9 Å². The monoisotopic (exact) mass is 357 g/mol. The number of esters is 1. The predicted octanol–water partition coefficient (Wildman–Crippen LogP) is 0.264. The summed E-state index contributed by atoms with van der Waals surface area (Å²) in [5, 5.41) is 22.8. The van der Waals surface area contributed by atoms with E-state index in [4.69, 9.17) is 10.2 Å². The van der Waals surface area contributed by atoms with Gasteiger partial charge in [0.2, 0.25) is 0 Å². The first-order chi connectivity index (χ1) is 11.5. The second-order valence-electron chi connectivity index (χ2n) is 5.35. The Kier molecular flexibility index (Phi) is 6.10. The van der Waals surface area contributed by atoms with E-state index in [1.54, 1.807) is 5.38 Å². The number of nitrogens with one attached hydrogen (secondary N) is 1. The molecule has 1 atom stereocenters. The Morgan fingerprint density at radius 1 is 1.46 bits per heavy atom. The summed E-state index contributed by atoms with van der Waals surface area (Å²) >= 11 is 1.33. The van der Waals surface area contributed by atoms with Crippen molar-refractivity contribution in [3.8, 4) is 0 Å². The molecule has 3 N–H and O–H groups in total. The molecule has 0 spiro atoms. The van der Waals surface area contributed by atoms with Crippen molar-refractivity contribution >= 4 is 29.3 Å². The highest BCUT2D eigenvalue weighted by molar-refractivity contribution is 7.09. The van der Waals surface area contributed by atoms with Gasteiger partial charge in [-0.3, -0.25) is 4.79 Å². The van der Waals surface area contributed by atoms with Crippen LogP contribution in [0.2, 0.25) is 0 Å². The number of hydrogen-bond donors (Lipinski definition) is 3. The van der Waals surface area contributed by atoms with Gasteiger partial charge in [-0.1, -0.05) is 0 Å². The predicted molar refractivity (Wildman–Crippen MR) is 84.0 cm³/mol. The number of carboxylic acid groups (broad SMARTS) is 1. The number of hydrogen-bond acceptors (Lipinski definition) is 7. The molecule has 1 unspecified atom stereocenters. The van der Waals surface area contributed by atoms with E-state index in [9.17, 15) is 14.4 Å². The average molecular weight is 357 g/mol. The third kappa shape index (κ3) is 4.20. The van der Waals surface area contributed by atoms with Gasteiger partial charge in [0.15, 0.2) is 6.04 Å².